The van der Waals surface area contributed by atoms with Gasteiger partial charge in [-0.15, -0.1) is 0 Å². The lowest BCUT2D eigenvalue weighted by Gasteiger charge is -2.30. The number of hydrogen-bond acceptors (Lipinski definition) is 9. The molecule has 0 spiro atoms. The van der Waals surface area contributed by atoms with Gasteiger partial charge in [-0.25, -0.2) is 18.0 Å². The highest BCUT2D eigenvalue weighted by Crippen LogP contribution is 2.46. The van der Waals surface area contributed by atoms with E-state index in [2.05, 4.69) is 20.7 Å². The summed E-state index contributed by atoms with van der Waals surface area (Å²) in [5.41, 5.74) is -0.236. The van der Waals surface area contributed by atoms with Crippen LogP contribution < -0.4 is 20.7 Å². The van der Waals surface area contributed by atoms with Crippen LogP contribution in [0.15, 0.2) is 66.7 Å². The summed E-state index contributed by atoms with van der Waals surface area (Å²) in [6.45, 7) is 4.95. The lowest BCUT2D eigenvalue weighted by molar-refractivity contribution is -0.141. The van der Waals surface area contributed by atoms with Crippen molar-refractivity contribution >= 4 is 45.6 Å². The number of para-hydroxylation sites is 1. The fourth-order valence-corrected chi connectivity index (χ4v) is 8.41. The zero-order chi connectivity index (χ0) is 38.7. The SMILES string of the molecule is CC(C)(C)OC(=O)N[C@H]1CCCCC/C=C\[C@H]2C[C@@]2(C(=O)NS(=O)(=O)C2CC2)NC(=O)[C@@H]2C[C@@H](OC(=O)Nc3ccccc3-c3ccccc3)CN2C1=O. The minimum Gasteiger partial charge on any atom is -0.444 e. The molecule has 3 fully saturated rings. The second-order valence-electron chi connectivity index (χ2n) is 15.5. The standard InChI is InChI=1S/C39H49N5O9S/c1-38(2,3)53-37(49)41-31-19-11-6-4-5-10-16-26-23-39(26,35(47)43-54(50,51)28-20-21-28)42-33(45)32-22-27(24-44(32)34(31)46)52-36(48)40-30-18-13-12-17-29(30)25-14-8-7-9-15-25/h7-10,12-18,26-28,31-32H,4-6,11,19-24H2,1-3H3,(H,40,48)(H,41,49)(H,42,45)(H,43,47)/b16-10-/t26-,27+,31-,32-,39+/m0/s1. The lowest BCUT2D eigenvalue weighted by atomic mass is 10.0. The number of allylic oxidation sites excluding steroid dienone is 1. The molecule has 4 aliphatic rings. The minimum absolute atomic E-state index is 0.108. The Morgan fingerprint density at radius 2 is 1.65 bits per heavy atom. The molecule has 290 valence electrons. The Bertz CT molecular complexity index is 1890. The van der Waals surface area contributed by atoms with E-state index in [0.717, 1.165) is 24.0 Å². The van der Waals surface area contributed by atoms with Gasteiger partial charge < -0.3 is 25.0 Å². The molecule has 2 aromatic rings. The summed E-state index contributed by atoms with van der Waals surface area (Å²) in [6, 6.07) is 14.4. The summed E-state index contributed by atoms with van der Waals surface area (Å²) in [5, 5.41) is 7.64. The van der Waals surface area contributed by atoms with Crippen LogP contribution in [0.3, 0.4) is 0 Å². The fraction of sp³-hybridized carbons (Fsp3) is 0.513. The number of ether oxygens (including phenoxy) is 2. The predicted molar refractivity (Wildman–Crippen MR) is 200 cm³/mol. The number of nitrogens with one attached hydrogen (secondary N) is 4. The predicted octanol–water partition coefficient (Wildman–Crippen LogP) is 4.77. The fourth-order valence-electron chi connectivity index (χ4n) is 7.05. The molecule has 54 heavy (non-hydrogen) atoms. The van der Waals surface area contributed by atoms with Gasteiger partial charge in [0.05, 0.1) is 17.5 Å². The molecule has 0 radical (unpaired) electrons. The van der Waals surface area contributed by atoms with Gasteiger partial charge in [0.15, 0.2) is 0 Å². The zero-order valence-electron chi connectivity index (χ0n) is 30.8. The molecule has 6 rings (SSSR count). The van der Waals surface area contributed by atoms with Crippen LogP contribution in [0.1, 0.15) is 78.6 Å². The van der Waals surface area contributed by atoms with Gasteiger partial charge >= 0.3 is 12.2 Å². The Morgan fingerprint density at radius 3 is 2.37 bits per heavy atom. The Morgan fingerprint density at radius 1 is 0.926 bits per heavy atom. The number of hydrogen-bond donors (Lipinski definition) is 4. The van der Waals surface area contributed by atoms with Crippen molar-refractivity contribution in [2.45, 2.75) is 113 Å². The van der Waals surface area contributed by atoms with E-state index in [1.165, 1.54) is 4.90 Å². The zero-order valence-corrected chi connectivity index (χ0v) is 31.7. The van der Waals surface area contributed by atoms with Crippen LogP contribution in [-0.4, -0.2) is 84.3 Å². The average Bonchev–Trinajstić information content (AvgIpc) is 4.03. The smallest absolute Gasteiger partial charge is 0.411 e. The molecule has 0 aromatic heterocycles. The Kier molecular flexibility index (Phi) is 11.4. The van der Waals surface area contributed by atoms with Crippen LogP contribution >= 0.6 is 0 Å². The molecule has 2 aliphatic heterocycles. The first kappa shape index (κ1) is 38.8. The van der Waals surface area contributed by atoms with Crippen molar-refractivity contribution in [1.82, 2.24) is 20.3 Å². The first-order valence-electron chi connectivity index (χ1n) is 18.6. The van der Waals surface area contributed by atoms with Crippen molar-refractivity contribution in [3.8, 4) is 11.1 Å². The largest absolute Gasteiger partial charge is 0.444 e. The summed E-state index contributed by atoms with van der Waals surface area (Å²) < 4.78 is 39.1. The molecule has 1 saturated heterocycles. The minimum atomic E-state index is -3.91. The number of amides is 5. The average molecular weight is 764 g/mol. The molecule has 2 aromatic carbocycles. The first-order chi connectivity index (χ1) is 25.6. The van der Waals surface area contributed by atoms with Crippen molar-refractivity contribution in [1.29, 1.82) is 0 Å². The van der Waals surface area contributed by atoms with Gasteiger partial charge in [-0.3, -0.25) is 24.4 Å². The molecule has 4 N–H and O–H groups in total. The maximum Gasteiger partial charge on any atom is 0.411 e. The number of carbonyl (C=O) groups excluding carboxylic acids is 5. The molecule has 15 heteroatoms. The maximum atomic E-state index is 14.4. The monoisotopic (exact) mass is 763 g/mol. The highest BCUT2D eigenvalue weighted by molar-refractivity contribution is 7.91. The molecule has 0 bridgehead atoms. The molecule has 2 saturated carbocycles. The van der Waals surface area contributed by atoms with E-state index in [0.29, 0.717) is 31.4 Å². The van der Waals surface area contributed by atoms with Crippen LogP contribution in [0.4, 0.5) is 15.3 Å². The van der Waals surface area contributed by atoms with Gasteiger partial charge in [0, 0.05) is 17.9 Å². The summed E-state index contributed by atoms with van der Waals surface area (Å²) in [7, 11) is -3.91. The number of anilines is 1. The molecule has 5 atom stereocenters. The van der Waals surface area contributed by atoms with Crippen molar-refractivity contribution in [3.05, 3.63) is 66.7 Å². The van der Waals surface area contributed by atoms with Crippen molar-refractivity contribution in [2.24, 2.45) is 5.92 Å². The van der Waals surface area contributed by atoms with Crippen LogP contribution in [0, 0.1) is 5.92 Å². The molecule has 0 unspecified atom stereocenters. The normalized spacial score (nSPS) is 26.8. The van der Waals surface area contributed by atoms with Gasteiger partial charge in [-0.2, -0.15) is 0 Å². The van der Waals surface area contributed by atoms with Gasteiger partial charge in [0.25, 0.3) is 5.91 Å². The molecular formula is C39H49N5O9S. The van der Waals surface area contributed by atoms with Crippen LogP contribution in [0.2, 0.25) is 0 Å². The topological polar surface area (TPSA) is 189 Å². The Hall–Kier alpha value is -4.92. The van der Waals surface area contributed by atoms with E-state index in [4.69, 9.17) is 9.47 Å². The number of nitrogens with zero attached hydrogens (tertiary/aromatic N) is 1. The molecule has 5 amide bonds. The number of fused-ring (bicyclic) bond motifs is 2. The third kappa shape index (κ3) is 9.41. The van der Waals surface area contributed by atoms with E-state index in [1.807, 2.05) is 54.6 Å². The first-order valence-corrected chi connectivity index (χ1v) is 20.2. The number of rotatable bonds is 7. The van der Waals surface area contributed by atoms with E-state index in [9.17, 15) is 32.4 Å². The number of alkyl carbamates (subject to hydrolysis) is 1. The van der Waals surface area contributed by atoms with Crippen molar-refractivity contribution in [3.63, 3.8) is 0 Å². The van der Waals surface area contributed by atoms with E-state index in [1.54, 1.807) is 32.9 Å². The van der Waals surface area contributed by atoms with Gasteiger partial charge in [0.1, 0.15) is 29.3 Å². The molecule has 2 heterocycles. The van der Waals surface area contributed by atoms with Crippen LogP contribution in [0.25, 0.3) is 11.1 Å². The number of benzene rings is 2. The van der Waals surface area contributed by atoms with E-state index < -0.39 is 80.4 Å². The van der Waals surface area contributed by atoms with E-state index >= 15 is 0 Å². The summed E-state index contributed by atoms with van der Waals surface area (Å²) in [4.78, 5) is 69.8. The molecule has 14 nitrogen and oxygen atoms in total. The summed E-state index contributed by atoms with van der Waals surface area (Å²) in [5.74, 6) is -2.57. The highest BCUT2D eigenvalue weighted by Gasteiger charge is 2.62. The molecular weight excluding hydrogens is 715 g/mol. The maximum absolute atomic E-state index is 14.4. The third-order valence-corrected chi connectivity index (χ3v) is 11.9. The second-order valence-corrected chi connectivity index (χ2v) is 17.5. The molecule has 2 aliphatic carbocycles. The number of carbonyl (C=O) groups is 5. The van der Waals surface area contributed by atoms with Crippen molar-refractivity contribution in [2.75, 3.05) is 11.9 Å². The van der Waals surface area contributed by atoms with Gasteiger partial charge in [0.2, 0.25) is 21.8 Å². The lowest BCUT2D eigenvalue weighted by Crippen LogP contribution is -2.58. The number of sulfonamides is 1. The second kappa shape index (κ2) is 15.8. The summed E-state index contributed by atoms with van der Waals surface area (Å²) >= 11 is 0. The van der Waals surface area contributed by atoms with Crippen LogP contribution in [0.5, 0.6) is 0 Å². The third-order valence-electron chi connectivity index (χ3n) is 10.1. The van der Waals surface area contributed by atoms with Gasteiger partial charge in [-0.05, 0) is 70.9 Å². The Labute approximate surface area is 315 Å². The Balaban J connectivity index is 1.25. The highest BCUT2D eigenvalue weighted by atomic mass is 32.2. The van der Waals surface area contributed by atoms with E-state index in [-0.39, 0.29) is 25.8 Å². The summed E-state index contributed by atoms with van der Waals surface area (Å²) in [6.07, 6.45) is 5.22. The van der Waals surface area contributed by atoms with Gasteiger partial charge in [-0.1, -0.05) is 73.5 Å². The van der Waals surface area contributed by atoms with Crippen molar-refractivity contribution < 1.29 is 41.9 Å². The quantitative estimate of drug-likeness (QED) is 0.288. The van der Waals surface area contributed by atoms with Crippen LogP contribution in [-0.2, 0) is 33.9 Å².